The van der Waals surface area contributed by atoms with Crippen LogP contribution in [0.15, 0.2) is 30.3 Å². The summed E-state index contributed by atoms with van der Waals surface area (Å²) in [6.07, 6.45) is 1.60. The van der Waals surface area contributed by atoms with Gasteiger partial charge in [0.05, 0.1) is 6.04 Å². The predicted octanol–water partition coefficient (Wildman–Crippen LogP) is 1.84. The number of nitrogens with zero attached hydrogens (tertiary/aromatic N) is 2. The Labute approximate surface area is 143 Å². The number of rotatable bonds is 5. The molecule has 1 unspecified atom stereocenters. The van der Waals surface area contributed by atoms with Crippen molar-refractivity contribution >= 4 is 12.0 Å². The van der Waals surface area contributed by atoms with Gasteiger partial charge in [0.15, 0.2) is 0 Å². The molecule has 0 bridgehead atoms. The van der Waals surface area contributed by atoms with Crippen LogP contribution in [0.25, 0.3) is 0 Å². The van der Waals surface area contributed by atoms with E-state index in [4.69, 9.17) is 10.5 Å². The summed E-state index contributed by atoms with van der Waals surface area (Å²) in [6, 6.07) is 9.13. The molecule has 1 aromatic carbocycles. The number of piperidine rings is 1. The molecule has 1 fully saturated rings. The van der Waals surface area contributed by atoms with E-state index in [1.165, 1.54) is 0 Å². The van der Waals surface area contributed by atoms with E-state index in [0.717, 1.165) is 24.9 Å². The van der Waals surface area contributed by atoms with Crippen LogP contribution in [0.1, 0.15) is 25.3 Å². The second kappa shape index (κ2) is 8.68. The van der Waals surface area contributed by atoms with Gasteiger partial charge in [0.1, 0.15) is 6.61 Å². The molecular formula is C18H27N3O3. The Morgan fingerprint density at radius 1 is 1.38 bits per heavy atom. The number of amides is 2. The van der Waals surface area contributed by atoms with Crippen LogP contribution < -0.4 is 5.73 Å². The minimum atomic E-state index is -0.475. The molecule has 0 aliphatic carbocycles. The third-order valence-corrected chi connectivity index (χ3v) is 4.27. The molecular weight excluding hydrogens is 306 g/mol. The highest BCUT2D eigenvalue weighted by atomic mass is 16.6. The first-order valence-electron chi connectivity index (χ1n) is 8.43. The summed E-state index contributed by atoms with van der Waals surface area (Å²) in [4.78, 5) is 27.5. The Morgan fingerprint density at radius 3 is 2.75 bits per heavy atom. The summed E-state index contributed by atoms with van der Waals surface area (Å²) >= 11 is 0. The highest BCUT2D eigenvalue weighted by Crippen LogP contribution is 2.18. The minimum absolute atomic E-state index is 0.0194. The quantitative estimate of drug-likeness (QED) is 0.892. The van der Waals surface area contributed by atoms with Crippen LogP contribution in [0, 0.1) is 5.92 Å². The van der Waals surface area contributed by atoms with E-state index in [1.54, 1.807) is 18.9 Å². The Balaban J connectivity index is 1.79. The van der Waals surface area contributed by atoms with Gasteiger partial charge in [-0.15, -0.1) is 0 Å². The van der Waals surface area contributed by atoms with Gasteiger partial charge >= 0.3 is 6.09 Å². The Bertz CT molecular complexity index is 548. The molecule has 1 aliphatic rings. The largest absolute Gasteiger partial charge is 0.445 e. The molecule has 1 saturated heterocycles. The van der Waals surface area contributed by atoms with E-state index in [9.17, 15) is 9.59 Å². The second-order valence-electron chi connectivity index (χ2n) is 6.50. The predicted molar refractivity (Wildman–Crippen MR) is 92.2 cm³/mol. The third-order valence-electron chi connectivity index (χ3n) is 4.27. The number of carbonyl (C=O) groups excluding carboxylic acids is 2. The fourth-order valence-corrected chi connectivity index (χ4v) is 2.99. The average molecular weight is 333 g/mol. The van der Waals surface area contributed by atoms with Crippen LogP contribution in [0.2, 0.25) is 0 Å². The van der Waals surface area contributed by atoms with Crippen LogP contribution in [-0.4, -0.2) is 54.5 Å². The molecule has 0 spiro atoms. The highest BCUT2D eigenvalue weighted by Gasteiger charge is 2.27. The van der Waals surface area contributed by atoms with Crippen LogP contribution in [0.3, 0.4) is 0 Å². The van der Waals surface area contributed by atoms with E-state index in [2.05, 4.69) is 0 Å². The monoisotopic (exact) mass is 333 g/mol. The maximum atomic E-state index is 12.1. The molecule has 2 rings (SSSR count). The summed E-state index contributed by atoms with van der Waals surface area (Å²) < 4.78 is 5.33. The van der Waals surface area contributed by atoms with E-state index in [-0.39, 0.29) is 24.5 Å². The molecule has 2 N–H and O–H groups in total. The lowest BCUT2D eigenvalue weighted by Crippen LogP contribution is -2.48. The molecule has 6 nitrogen and oxygen atoms in total. The number of hydrogen-bond acceptors (Lipinski definition) is 4. The topological polar surface area (TPSA) is 75.9 Å². The lowest BCUT2D eigenvalue weighted by Gasteiger charge is -2.35. The zero-order valence-electron chi connectivity index (χ0n) is 14.5. The number of hydrogen-bond donors (Lipinski definition) is 1. The first-order valence-corrected chi connectivity index (χ1v) is 8.43. The Kier molecular flexibility index (Phi) is 6.61. The van der Waals surface area contributed by atoms with Crippen molar-refractivity contribution in [2.24, 2.45) is 11.7 Å². The van der Waals surface area contributed by atoms with Gasteiger partial charge in [0, 0.05) is 26.7 Å². The number of nitrogens with two attached hydrogens (primary N) is 1. The lowest BCUT2D eigenvalue weighted by molar-refractivity contribution is -0.134. The van der Waals surface area contributed by atoms with Gasteiger partial charge in [-0.05, 0) is 31.2 Å². The van der Waals surface area contributed by atoms with Crippen molar-refractivity contribution in [1.82, 2.24) is 9.80 Å². The number of ether oxygens (including phenoxy) is 1. The van der Waals surface area contributed by atoms with Gasteiger partial charge in [-0.1, -0.05) is 30.3 Å². The highest BCUT2D eigenvalue weighted by molar-refractivity contribution is 5.81. The van der Waals surface area contributed by atoms with Gasteiger partial charge in [-0.3, -0.25) is 4.79 Å². The maximum absolute atomic E-state index is 12.1. The van der Waals surface area contributed by atoms with Crippen molar-refractivity contribution in [2.45, 2.75) is 32.4 Å². The van der Waals surface area contributed by atoms with Gasteiger partial charge < -0.3 is 20.3 Å². The van der Waals surface area contributed by atoms with Gasteiger partial charge in [0.2, 0.25) is 5.91 Å². The maximum Gasteiger partial charge on any atom is 0.409 e. The number of carbonyl (C=O) groups is 2. The second-order valence-corrected chi connectivity index (χ2v) is 6.50. The molecule has 1 aromatic rings. The minimum Gasteiger partial charge on any atom is -0.445 e. The normalized spacial score (nSPS) is 18.8. The van der Waals surface area contributed by atoms with Gasteiger partial charge in [-0.25, -0.2) is 4.79 Å². The van der Waals surface area contributed by atoms with Crippen molar-refractivity contribution < 1.29 is 14.3 Å². The van der Waals surface area contributed by atoms with Gasteiger partial charge in [-0.2, -0.15) is 0 Å². The number of likely N-dealkylation sites (tertiary alicyclic amines) is 1. The molecule has 0 saturated carbocycles. The third kappa shape index (κ3) is 5.23. The summed E-state index contributed by atoms with van der Waals surface area (Å²) in [7, 11) is 1.74. The van der Waals surface area contributed by atoms with E-state index in [0.29, 0.717) is 13.1 Å². The van der Waals surface area contributed by atoms with Crippen molar-refractivity contribution in [3.05, 3.63) is 35.9 Å². The molecule has 1 heterocycles. The standard InChI is InChI=1S/C18H27N3O3/c1-14(19)17(22)21-10-6-9-16(12-21)11-20(2)18(23)24-13-15-7-4-3-5-8-15/h3-5,7-8,14,16H,6,9-13,19H2,1-2H3/t14-,16?/m0/s1. The van der Waals surface area contributed by atoms with Crippen LogP contribution in [0.4, 0.5) is 4.79 Å². The molecule has 0 radical (unpaired) electrons. The zero-order valence-corrected chi connectivity index (χ0v) is 14.5. The van der Waals surface area contributed by atoms with Crippen LogP contribution >= 0.6 is 0 Å². The van der Waals surface area contributed by atoms with Gasteiger partial charge in [0.25, 0.3) is 0 Å². The van der Waals surface area contributed by atoms with E-state index < -0.39 is 6.04 Å². The first-order chi connectivity index (χ1) is 11.5. The van der Waals surface area contributed by atoms with E-state index in [1.807, 2.05) is 35.2 Å². The molecule has 2 amide bonds. The molecule has 6 heteroatoms. The van der Waals surface area contributed by atoms with Crippen molar-refractivity contribution in [2.75, 3.05) is 26.7 Å². The smallest absolute Gasteiger partial charge is 0.409 e. The molecule has 132 valence electrons. The van der Waals surface area contributed by atoms with Crippen LogP contribution in [-0.2, 0) is 16.1 Å². The molecule has 24 heavy (non-hydrogen) atoms. The summed E-state index contributed by atoms with van der Waals surface area (Å²) in [5.41, 5.74) is 6.64. The first kappa shape index (κ1) is 18.3. The van der Waals surface area contributed by atoms with Crippen molar-refractivity contribution in [3.8, 4) is 0 Å². The summed E-state index contributed by atoms with van der Waals surface area (Å²) in [6.45, 7) is 3.95. The van der Waals surface area contributed by atoms with E-state index >= 15 is 0 Å². The SMILES string of the molecule is C[C@H](N)C(=O)N1CCCC(CN(C)C(=O)OCc2ccccc2)C1. The van der Waals surface area contributed by atoms with Crippen molar-refractivity contribution in [3.63, 3.8) is 0 Å². The molecule has 0 aromatic heterocycles. The van der Waals surface area contributed by atoms with Crippen LogP contribution in [0.5, 0.6) is 0 Å². The lowest BCUT2D eigenvalue weighted by atomic mass is 9.97. The fraction of sp³-hybridized carbons (Fsp3) is 0.556. The Hall–Kier alpha value is -2.08. The zero-order chi connectivity index (χ0) is 17.5. The summed E-state index contributed by atoms with van der Waals surface area (Å²) in [5, 5.41) is 0. The number of benzene rings is 1. The summed E-state index contributed by atoms with van der Waals surface area (Å²) in [5.74, 6) is 0.240. The fourth-order valence-electron chi connectivity index (χ4n) is 2.99. The molecule has 1 aliphatic heterocycles. The van der Waals surface area contributed by atoms with Crippen molar-refractivity contribution in [1.29, 1.82) is 0 Å². The molecule has 2 atom stereocenters. The Morgan fingerprint density at radius 2 is 2.08 bits per heavy atom. The average Bonchev–Trinajstić information content (AvgIpc) is 2.60.